The van der Waals surface area contributed by atoms with Crippen LogP contribution in [-0.2, 0) is 30.3 Å². The quantitative estimate of drug-likeness (QED) is 0.0656. The summed E-state index contributed by atoms with van der Waals surface area (Å²) < 4.78 is 8.07. The van der Waals surface area contributed by atoms with Gasteiger partial charge in [-0.2, -0.15) is 0 Å². The first-order valence-corrected chi connectivity index (χ1v) is 25.4. The molecule has 0 atom stereocenters. The average molecular weight is 912 g/mol. The van der Waals surface area contributed by atoms with E-state index in [-0.39, 0.29) is 48.9 Å². The molecule has 3 aromatic carbocycles. The van der Waals surface area contributed by atoms with Crippen LogP contribution in [0.4, 0.5) is 0 Å². The largest absolute Gasteiger partial charge is 0 e. The van der Waals surface area contributed by atoms with E-state index in [1.807, 2.05) is 33.9 Å². The van der Waals surface area contributed by atoms with Gasteiger partial charge >= 0.3 is 167 Å². The predicted molar refractivity (Wildman–Crippen MR) is 212 cm³/mol. The number of aromatic nitrogens is 1. The minimum atomic E-state index is -1.86. The normalized spacial score (nSPS) is 12.3. The summed E-state index contributed by atoms with van der Waals surface area (Å²) in [5.74, 6) is 8.74. The van der Waals surface area contributed by atoms with E-state index in [0.29, 0.717) is 0 Å². The summed E-state index contributed by atoms with van der Waals surface area (Å²) in [4.78, 5) is 16.5. The molecule has 0 fully saturated rings. The maximum absolute atomic E-state index is 11.7. The number of aliphatic hydroxyl groups excluding tert-OH is 1. The van der Waals surface area contributed by atoms with Gasteiger partial charge in [-0.05, 0) is 25.7 Å². The van der Waals surface area contributed by atoms with Crippen LogP contribution in [0, 0.1) is 24.8 Å². The van der Waals surface area contributed by atoms with Crippen molar-refractivity contribution in [2.24, 2.45) is 11.8 Å². The van der Waals surface area contributed by atoms with Gasteiger partial charge in [-0.1, -0.05) is 66.7 Å². The van der Waals surface area contributed by atoms with Crippen LogP contribution < -0.4 is 4.40 Å². The first-order chi connectivity index (χ1) is 23.1. The first kappa shape index (κ1) is 41.4. The third-order valence-corrected chi connectivity index (χ3v) is 14.1. The third kappa shape index (κ3) is 9.46. The average Bonchev–Trinajstić information content (AvgIpc) is 3.41. The molecular formula is C44H56GeIrNO3-. The SMILES string of the molecule is CCC(CC)C(=O)/C=C(\O)C(CC)CC.Cc1c(-c2cc[c]([Ge]([CH3])([CH3])[CH3])cc2)oc2c(-c3[c-]c4ccccc4c(C(C)(C)C)c3)nccc12.[Ir]. The molecule has 0 saturated heterocycles. The second-order valence-corrected chi connectivity index (χ2v) is 26.0. The van der Waals surface area contributed by atoms with E-state index in [0.717, 1.165) is 70.2 Å². The molecule has 5 aromatic rings. The summed E-state index contributed by atoms with van der Waals surface area (Å²) in [6, 6.07) is 25.4. The molecule has 0 amide bonds. The van der Waals surface area contributed by atoms with Crippen LogP contribution in [0.15, 0.2) is 83.1 Å². The van der Waals surface area contributed by atoms with Crippen LogP contribution in [-0.4, -0.2) is 29.1 Å². The van der Waals surface area contributed by atoms with E-state index < -0.39 is 13.3 Å². The van der Waals surface area contributed by atoms with E-state index >= 15 is 0 Å². The van der Waals surface area contributed by atoms with Gasteiger partial charge < -0.3 is 5.11 Å². The second kappa shape index (κ2) is 17.5. The fourth-order valence-electron chi connectivity index (χ4n) is 6.49. The number of aryl methyl sites for hydroxylation is 1. The van der Waals surface area contributed by atoms with Crippen molar-refractivity contribution in [2.45, 2.75) is 104 Å². The zero-order chi connectivity index (χ0) is 36.1. The third-order valence-electron chi connectivity index (χ3n) is 9.79. The molecule has 4 nitrogen and oxygen atoms in total. The van der Waals surface area contributed by atoms with Gasteiger partial charge in [-0.25, -0.2) is 0 Å². The van der Waals surface area contributed by atoms with Gasteiger partial charge in [0.25, 0.3) is 0 Å². The van der Waals surface area contributed by atoms with Crippen molar-refractivity contribution in [3.63, 3.8) is 0 Å². The van der Waals surface area contributed by atoms with Crippen molar-refractivity contribution in [1.82, 2.24) is 4.98 Å². The second-order valence-electron chi connectivity index (χ2n) is 15.3. The number of carbonyl (C=O) groups excluding carboxylic acids is 1. The molecule has 0 aliphatic carbocycles. The van der Waals surface area contributed by atoms with Gasteiger partial charge in [0.1, 0.15) is 0 Å². The number of pyridine rings is 1. The smallest absolute Gasteiger partial charge is 0 e. The van der Waals surface area contributed by atoms with Crippen LogP contribution in [0.5, 0.6) is 0 Å². The topological polar surface area (TPSA) is 63.3 Å². The number of benzene rings is 3. The van der Waals surface area contributed by atoms with Crippen LogP contribution in [0.25, 0.3) is 44.3 Å². The number of aliphatic hydroxyl groups is 1. The molecule has 0 aliphatic rings. The van der Waals surface area contributed by atoms with Crippen LogP contribution in [0.2, 0.25) is 17.3 Å². The Morgan fingerprint density at radius 3 is 2.06 bits per heavy atom. The molecule has 0 saturated carbocycles. The number of ketones is 1. The number of hydrogen-bond donors (Lipinski definition) is 1. The van der Waals surface area contributed by atoms with E-state index in [1.54, 1.807) is 0 Å². The minimum absolute atomic E-state index is 0. The van der Waals surface area contributed by atoms with Crippen molar-refractivity contribution in [1.29, 1.82) is 0 Å². The summed E-state index contributed by atoms with van der Waals surface area (Å²) in [5, 5.41) is 13.2. The van der Waals surface area contributed by atoms with Crippen LogP contribution in [0.1, 0.15) is 85.3 Å². The molecule has 1 N–H and O–H groups in total. The molecule has 269 valence electrons. The van der Waals surface area contributed by atoms with Crippen LogP contribution >= 0.6 is 0 Å². The van der Waals surface area contributed by atoms with Crippen molar-refractivity contribution in [3.05, 3.63) is 95.9 Å². The Labute approximate surface area is 316 Å². The Hall–Kier alpha value is -2.99. The van der Waals surface area contributed by atoms with Crippen LogP contribution in [0.3, 0.4) is 0 Å². The molecular weight excluding hydrogens is 855 g/mol. The predicted octanol–water partition coefficient (Wildman–Crippen LogP) is 12.1. The molecule has 5 rings (SSSR count). The van der Waals surface area contributed by atoms with Gasteiger partial charge in [0.05, 0.1) is 5.76 Å². The van der Waals surface area contributed by atoms with E-state index in [9.17, 15) is 9.90 Å². The number of hydrogen-bond acceptors (Lipinski definition) is 4. The summed E-state index contributed by atoms with van der Waals surface area (Å²) in [7, 11) is 0. The Morgan fingerprint density at radius 2 is 1.50 bits per heavy atom. The fraction of sp³-hybridized carbons (Fsp3) is 0.409. The van der Waals surface area contributed by atoms with Crippen molar-refractivity contribution in [2.75, 3.05) is 0 Å². The molecule has 0 bridgehead atoms. The molecule has 1 radical (unpaired) electrons. The van der Waals surface area contributed by atoms with E-state index in [4.69, 9.17) is 9.40 Å². The molecule has 6 heteroatoms. The number of carbonyl (C=O) groups is 1. The van der Waals surface area contributed by atoms with E-state index in [2.05, 4.69) is 112 Å². The Bertz CT molecular complexity index is 1920. The molecule has 0 unspecified atom stereocenters. The van der Waals surface area contributed by atoms with Gasteiger partial charge in [-0.15, -0.1) is 0 Å². The molecule has 2 heterocycles. The van der Waals surface area contributed by atoms with Crippen molar-refractivity contribution in [3.8, 4) is 22.6 Å². The van der Waals surface area contributed by atoms with Gasteiger partial charge in [-0.3, -0.25) is 4.79 Å². The Balaban J connectivity index is 0.000000361. The minimum Gasteiger partial charge on any atom is 0 e. The van der Waals surface area contributed by atoms with Gasteiger partial charge in [0.2, 0.25) is 0 Å². The maximum Gasteiger partial charge on any atom is 0 e. The summed E-state index contributed by atoms with van der Waals surface area (Å²) >= 11 is -1.86. The molecule has 0 spiro atoms. The zero-order valence-corrected chi connectivity index (χ0v) is 36.4. The Kier molecular flexibility index (Phi) is 14.5. The standard InChI is InChI=1S/C31H32GeNO.C13H24O2.Ir/c1-20-25-16-17-33-28(23-18-22-10-8-9-11-26(22)27(19-23)31(2,3)4)30(25)34-29(20)21-12-14-24(15-13-21)32(5,6)7;1-5-10(6-2)12(14)9-13(15)11(7-3)8-4;/h8-17,19H,1-7H3;9-11,14H,5-8H2,1-4H3;/q-1;;/b;12-9-;. The zero-order valence-electron chi connectivity index (χ0n) is 32.0. The maximum atomic E-state index is 11.7. The molecule has 50 heavy (non-hydrogen) atoms. The summed E-state index contributed by atoms with van der Waals surface area (Å²) in [5.41, 5.74) is 6.23. The molecule has 0 aliphatic heterocycles. The number of allylic oxidation sites excluding steroid dienone is 2. The van der Waals surface area contributed by atoms with Gasteiger partial charge in [0.15, 0.2) is 5.78 Å². The Morgan fingerprint density at radius 1 is 0.900 bits per heavy atom. The van der Waals surface area contributed by atoms with Gasteiger partial charge in [0, 0.05) is 38.0 Å². The molecule has 2 aromatic heterocycles. The van der Waals surface area contributed by atoms with Crippen molar-refractivity contribution >= 4 is 45.2 Å². The number of furan rings is 1. The number of fused-ring (bicyclic) bond motifs is 2. The van der Waals surface area contributed by atoms with E-state index in [1.165, 1.54) is 21.4 Å². The number of rotatable bonds is 10. The van der Waals surface area contributed by atoms with Crippen molar-refractivity contribution < 1.29 is 34.4 Å². The fourth-order valence-corrected chi connectivity index (χ4v) is 8.94. The number of nitrogens with zero attached hydrogens (tertiary/aromatic N) is 1. The monoisotopic (exact) mass is 913 g/mol. The first-order valence-electron chi connectivity index (χ1n) is 18.0. The summed E-state index contributed by atoms with van der Waals surface area (Å²) in [6.45, 7) is 17.0. The summed E-state index contributed by atoms with van der Waals surface area (Å²) in [6.07, 6.45) is 6.80.